The van der Waals surface area contributed by atoms with Gasteiger partial charge in [-0.3, -0.25) is 10.1 Å². The summed E-state index contributed by atoms with van der Waals surface area (Å²) in [6.45, 7) is 1.63. The minimum Gasteiger partial charge on any atom is -0.360 e. The van der Waals surface area contributed by atoms with Crippen LogP contribution in [-0.4, -0.2) is 22.1 Å². The quantitative estimate of drug-likeness (QED) is 0.478. The average Bonchev–Trinajstić information content (AvgIpc) is 3.05. The second-order valence-electron chi connectivity index (χ2n) is 5.35. The van der Waals surface area contributed by atoms with Crippen molar-refractivity contribution >= 4 is 23.0 Å². The summed E-state index contributed by atoms with van der Waals surface area (Å²) < 4.78 is 0. The molecule has 0 radical (unpaired) electrons. The molecule has 0 N–H and O–H groups in total. The molecule has 3 rings (SSSR count). The fourth-order valence-electron chi connectivity index (χ4n) is 2.62. The number of hydrogen-bond acceptors (Lipinski definition) is 5. The topological polar surface area (TPSA) is 70.2 Å². The Morgan fingerprint density at radius 2 is 1.92 bits per heavy atom. The molecule has 0 atom stereocenters. The van der Waals surface area contributed by atoms with Crippen LogP contribution in [0.1, 0.15) is 11.1 Å². The number of benzene rings is 2. The first-order chi connectivity index (χ1) is 11.7. The highest BCUT2D eigenvalue weighted by molar-refractivity contribution is 8.03. The number of hydrogen-bond donors (Lipinski definition) is 0. The summed E-state index contributed by atoms with van der Waals surface area (Å²) in [5, 5.41) is 21.3. The van der Waals surface area contributed by atoms with Crippen LogP contribution in [0.15, 0.2) is 59.6 Å². The Morgan fingerprint density at radius 1 is 1.21 bits per heavy atom. The van der Waals surface area contributed by atoms with Crippen LogP contribution < -0.4 is 0 Å². The molecule has 0 saturated carbocycles. The summed E-state index contributed by atoms with van der Waals surface area (Å²) in [5.41, 5.74) is 2.51. The van der Waals surface area contributed by atoms with E-state index in [-0.39, 0.29) is 5.69 Å². The van der Waals surface area contributed by atoms with Crippen molar-refractivity contribution in [3.05, 3.63) is 80.9 Å². The Balaban J connectivity index is 1.91. The van der Waals surface area contributed by atoms with E-state index in [1.807, 2.05) is 18.2 Å². The minimum atomic E-state index is -0.436. The van der Waals surface area contributed by atoms with Gasteiger partial charge < -0.3 is 4.90 Å². The zero-order valence-electron chi connectivity index (χ0n) is 12.9. The van der Waals surface area contributed by atoms with E-state index >= 15 is 0 Å². The fraction of sp³-hybridized carbons (Fsp3) is 0.167. The van der Waals surface area contributed by atoms with Gasteiger partial charge in [-0.05, 0) is 23.3 Å². The predicted octanol–water partition coefficient (Wildman–Crippen LogP) is 4.04. The number of nitriles is 1. The lowest BCUT2D eigenvalue weighted by atomic mass is 10.1. The summed E-state index contributed by atoms with van der Waals surface area (Å²) in [6.07, 6.45) is 0. The second-order valence-corrected chi connectivity index (χ2v) is 6.44. The maximum atomic E-state index is 10.8. The molecule has 120 valence electrons. The third kappa shape index (κ3) is 3.42. The van der Waals surface area contributed by atoms with Crippen LogP contribution >= 0.6 is 11.8 Å². The maximum Gasteiger partial charge on any atom is 0.269 e. The van der Waals surface area contributed by atoms with Gasteiger partial charge in [0.05, 0.1) is 15.5 Å². The molecule has 0 amide bonds. The lowest BCUT2D eigenvalue weighted by Gasteiger charge is -2.20. The first-order valence-electron chi connectivity index (χ1n) is 7.50. The number of non-ortho nitro benzene ring substituents is 1. The number of allylic oxidation sites excluding steroid dienone is 1. The van der Waals surface area contributed by atoms with Crippen molar-refractivity contribution in [2.75, 3.05) is 12.3 Å². The molecule has 6 heteroatoms. The third-order valence-electron chi connectivity index (χ3n) is 3.80. The van der Waals surface area contributed by atoms with E-state index < -0.39 is 4.92 Å². The predicted molar refractivity (Wildman–Crippen MR) is 94.9 cm³/mol. The van der Waals surface area contributed by atoms with Gasteiger partial charge in [-0.15, -0.1) is 11.8 Å². The smallest absolute Gasteiger partial charge is 0.269 e. The van der Waals surface area contributed by atoms with Crippen molar-refractivity contribution in [2.45, 2.75) is 6.54 Å². The number of thioether (sulfide) groups is 1. The van der Waals surface area contributed by atoms with E-state index in [9.17, 15) is 15.4 Å². The van der Waals surface area contributed by atoms with E-state index in [1.165, 1.54) is 17.7 Å². The van der Waals surface area contributed by atoms with Crippen LogP contribution in [0.25, 0.3) is 5.57 Å². The van der Waals surface area contributed by atoms with Gasteiger partial charge in [0.25, 0.3) is 5.69 Å². The Kier molecular flexibility index (Phi) is 4.82. The van der Waals surface area contributed by atoms with Crippen molar-refractivity contribution in [1.29, 1.82) is 5.26 Å². The van der Waals surface area contributed by atoms with Crippen molar-refractivity contribution < 1.29 is 4.92 Å². The first-order valence-corrected chi connectivity index (χ1v) is 8.48. The molecule has 24 heavy (non-hydrogen) atoms. The van der Waals surface area contributed by atoms with E-state index in [0.29, 0.717) is 11.1 Å². The zero-order valence-corrected chi connectivity index (χ0v) is 13.7. The molecule has 0 spiro atoms. The SMILES string of the molecule is N#C/C(=C1/SCCN1Cc1ccccc1)c1ccc([N+](=O)[O-])cc1. The van der Waals surface area contributed by atoms with E-state index in [2.05, 4.69) is 23.1 Å². The normalized spacial score (nSPS) is 15.9. The number of rotatable bonds is 4. The number of nitrogens with zero attached hydrogens (tertiary/aromatic N) is 3. The fourth-order valence-corrected chi connectivity index (χ4v) is 3.77. The Labute approximate surface area is 144 Å². The molecule has 0 bridgehead atoms. The van der Waals surface area contributed by atoms with E-state index in [1.54, 1.807) is 23.9 Å². The van der Waals surface area contributed by atoms with Crippen molar-refractivity contribution in [2.24, 2.45) is 0 Å². The van der Waals surface area contributed by atoms with Crippen molar-refractivity contribution in [1.82, 2.24) is 4.90 Å². The van der Waals surface area contributed by atoms with Crippen LogP contribution in [0.3, 0.4) is 0 Å². The summed E-state index contributed by atoms with van der Waals surface area (Å²) >= 11 is 1.66. The van der Waals surface area contributed by atoms with Gasteiger partial charge >= 0.3 is 0 Å². The van der Waals surface area contributed by atoms with Gasteiger partial charge in [0.2, 0.25) is 0 Å². The molecule has 1 aliphatic heterocycles. The van der Waals surface area contributed by atoms with Crippen LogP contribution in [0, 0.1) is 21.4 Å². The first kappa shape index (κ1) is 16.1. The lowest BCUT2D eigenvalue weighted by molar-refractivity contribution is -0.384. The Bertz CT molecular complexity index is 810. The average molecular weight is 337 g/mol. The molecule has 1 saturated heterocycles. The second kappa shape index (κ2) is 7.20. The molecule has 1 heterocycles. The van der Waals surface area contributed by atoms with Crippen LogP contribution in [-0.2, 0) is 6.54 Å². The molecule has 2 aromatic carbocycles. The third-order valence-corrected chi connectivity index (χ3v) is 4.92. The van der Waals surface area contributed by atoms with Crippen LogP contribution in [0.5, 0.6) is 0 Å². The molecule has 0 aliphatic carbocycles. The number of nitro benzene ring substituents is 1. The highest BCUT2D eigenvalue weighted by Crippen LogP contribution is 2.36. The van der Waals surface area contributed by atoms with Gasteiger partial charge in [-0.25, -0.2) is 0 Å². The Hall–Kier alpha value is -2.78. The Morgan fingerprint density at radius 3 is 2.54 bits per heavy atom. The summed E-state index contributed by atoms with van der Waals surface area (Å²) in [5.74, 6) is 0.931. The minimum absolute atomic E-state index is 0.0289. The zero-order chi connectivity index (χ0) is 16.9. The van der Waals surface area contributed by atoms with Gasteiger partial charge in [0.15, 0.2) is 0 Å². The molecule has 5 nitrogen and oxygen atoms in total. The molecular formula is C18H15N3O2S. The monoisotopic (exact) mass is 337 g/mol. The van der Waals surface area contributed by atoms with Crippen molar-refractivity contribution in [3.8, 4) is 6.07 Å². The lowest BCUT2D eigenvalue weighted by Crippen LogP contribution is -2.18. The van der Waals surface area contributed by atoms with E-state index in [4.69, 9.17) is 0 Å². The van der Waals surface area contributed by atoms with Gasteiger partial charge in [0, 0.05) is 31.0 Å². The summed E-state index contributed by atoms with van der Waals surface area (Å²) in [6, 6.07) is 18.6. The van der Waals surface area contributed by atoms with Gasteiger partial charge in [-0.2, -0.15) is 5.26 Å². The van der Waals surface area contributed by atoms with Gasteiger partial charge in [-0.1, -0.05) is 30.3 Å². The molecule has 0 unspecified atom stereocenters. The summed E-state index contributed by atoms with van der Waals surface area (Å²) in [7, 11) is 0. The van der Waals surface area contributed by atoms with Gasteiger partial charge in [0.1, 0.15) is 6.07 Å². The molecule has 1 aliphatic rings. The van der Waals surface area contributed by atoms with E-state index in [0.717, 1.165) is 23.9 Å². The number of nitro groups is 1. The largest absolute Gasteiger partial charge is 0.360 e. The molecular weight excluding hydrogens is 322 g/mol. The maximum absolute atomic E-state index is 10.8. The molecule has 1 fully saturated rings. The molecule has 2 aromatic rings. The van der Waals surface area contributed by atoms with Crippen LogP contribution in [0.2, 0.25) is 0 Å². The highest BCUT2D eigenvalue weighted by Gasteiger charge is 2.23. The molecule has 0 aromatic heterocycles. The van der Waals surface area contributed by atoms with Crippen molar-refractivity contribution in [3.63, 3.8) is 0 Å². The highest BCUT2D eigenvalue weighted by atomic mass is 32.2. The van der Waals surface area contributed by atoms with Crippen LogP contribution in [0.4, 0.5) is 5.69 Å². The summed E-state index contributed by atoms with van der Waals surface area (Å²) in [4.78, 5) is 12.5. The standard InChI is InChI=1S/C18H15N3O2S/c19-12-17(15-6-8-16(9-7-15)21(22)23)18-20(10-11-24-18)13-14-4-2-1-3-5-14/h1-9H,10-11,13H2/b18-17-.